The lowest BCUT2D eigenvalue weighted by Gasteiger charge is -1.93. The Morgan fingerprint density at radius 3 is 2.80 bits per heavy atom. The van der Waals surface area contributed by atoms with E-state index in [0.29, 0.717) is 0 Å². The van der Waals surface area contributed by atoms with Crippen LogP contribution in [0.5, 0.6) is 0 Å². The van der Waals surface area contributed by atoms with Gasteiger partial charge < -0.3 is 5.32 Å². The molecule has 0 amide bonds. The Bertz CT molecular complexity index is 190. The Labute approximate surface area is 65.5 Å². The standard InChI is InChI=1S/C7H9ClN2/c8-7-2-4-10-3-1-6(7)5-9/h10H,1-4H2. The van der Waals surface area contributed by atoms with Crippen LogP contribution in [-0.4, -0.2) is 13.1 Å². The number of halogens is 1. The summed E-state index contributed by atoms with van der Waals surface area (Å²) in [5, 5.41) is 12.5. The fourth-order valence-corrected chi connectivity index (χ4v) is 1.17. The van der Waals surface area contributed by atoms with Gasteiger partial charge in [0.25, 0.3) is 0 Å². The van der Waals surface area contributed by atoms with E-state index in [4.69, 9.17) is 16.9 Å². The van der Waals surface area contributed by atoms with Gasteiger partial charge in [-0.1, -0.05) is 11.6 Å². The second kappa shape index (κ2) is 3.60. The third kappa shape index (κ3) is 1.73. The minimum absolute atomic E-state index is 0.729. The maximum Gasteiger partial charge on any atom is 0.0959 e. The zero-order chi connectivity index (χ0) is 7.40. The monoisotopic (exact) mass is 156 g/mol. The molecule has 0 aromatic heterocycles. The molecule has 1 N–H and O–H groups in total. The van der Waals surface area contributed by atoms with Crippen LogP contribution in [0.15, 0.2) is 10.6 Å². The van der Waals surface area contributed by atoms with Gasteiger partial charge in [-0.3, -0.25) is 0 Å². The second-order valence-electron chi connectivity index (χ2n) is 2.25. The SMILES string of the molecule is N#CC1=C(Cl)CCNCC1. The van der Waals surface area contributed by atoms with Crippen molar-refractivity contribution in [3.8, 4) is 6.07 Å². The first-order valence-corrected chi connectivity index (χ1v) is 3.70. The molecule has 0 aromatic carbocycles. The molecule has 2 nitrogen and oxygen atoms in total. The summed E-state index contributed by atoms with van der Waals surface area (Å²) in [6.07, 6.45) is 1.57. The van der Waals surface area contributed by atoms with E-state index < -0.39 is 0 Å². The van der Waals surface area contributed by atoms with Crippen molar-refractivity contribution >= 4 is 11.6 Å². The molecule has 1 rings (SSSR count). The molecule has 0 saturated carbocycles. The average Bonchev–Trinajstić information content (AvgIpc) is 2.13. The summed E-state index contributed by atoms with van der Waals surface area (Å²) in [6, 6.07) is 2.10. The van der Waals surface area contributed by atoms with Gasteiger partial charge in [0, 0.05) is 17.2 Å². The minimum Gasteiger partial charge on any atom is -0.316 e. The third-order valence-corrected chi connectivity index (χ3v) is 1.95. The number of nitrogens with one attached hydrogen (secondary N) is 1. The molecular weight excluding hydrogens is 148 g/mol. The average molecular weight is 157 g/mol. The molecule has 1 heterocycles. The summed E-state index contributed by atoms with van der Waals surface area (Å²) in [5.74, 6) is 0. The van der Waals surface area contributed by atoms with Crippen LogP contribution < -0.4 is 5.32 Å². The van der Waals surface area contributed by atoms with E-state index in [1.54, 1.807) is 0 Å². The number of hydrogen-bond acceptors (Lipinski definition) is 2. The van der Waals surface area contributed by atoms with E-state index in [9.17, 15) is 0 Å². The first kappa shape index (κ1) is 7.59. The van der Waals surface area contributed by atoms with E-state index in [0.717, 1.165) is 36.5 Å². The summed E-state index contributed by atoms with van der Waals surface area (Å²) in [7, 11) is 0. The van der Waals surface area contributed by atoms with Crippen molar-refractivity contribution in [2.45, 2.75) is 12.8 Å². The van der Waals surface area contributed by atoms with E-state index in [1.165, 1.54) is 0 Å². The fraction of sp³-hybridized carbons (Fsp3) is 0.571. The van der Waals surface area contributed by atoms with E-state index in [2.05, 4.69) is 11.4 Å². The highest BCUT2D eigenvalue weighted by atomic mass is 35.5. The zero-order valence-corrected chi connectivity index (χ0v) is 6.41. The Morgan fingerprint density at radius 1 is 1.40 bits per heavy atom. The molecule has 1 aliphatic heterocycles. The molecule has 1 aliphatic rings. The highest BCUT2D eigenvalue weighted by Gasteiger charge is 2.07. The van der Waals surface area contributed by atoms with Gasteiger partial charge >= 0.3 is 0 Å². The predicted octanol–water partition coefficient (Wildman–Crippen LogP) is 1.39. The Kier molecular flexibility index (Phi) is 2.73. The molecule has 3 heteroatoms. The van der Waals surface area contributed by atoms with Crippen LogP contribution >= 0.6 is 11.6 Å². The van der Waals surface area contributed by atoms with Crippen molar-refractivity contribution in [2.75, 3.05) is 13.1 Å². The zero-order valence-electron chi connectivity index (χ0n) is 5.65. The van der Waals surface area contributed by atoms with Crippen LogP contribution in [0.2, 0.25) is 0 Å². The van der Waals surface area contributed by atoms with Gasteiger partial charge in [-0.2, -0.15) is 5.26 Å². The second-order valence-corrected chi connectivity index (χ2v) is 2.70. The Hall–Kier alpha value is -0.520. The smallest absolute Gasteiger partial charge is 0.0959 e. The lowest BCUT2D eigenvalue weighted by molar-refractivity contribution is 0.712. The van der Waals surface area contributed by atoms with E-state index in [1.807, 2.05) is 0 Å². The van der Waals surface area contributed by atoms with Gasteiger partial charge in [0.15, 0.2) is 0 Å². The van der Waals surface area contributed by atoms with Crippen molar-refractivity contribution < 1.29 is 0 Å². The van der Waals surface area contributed by atoms with Crippen molar-refractivity contribution in [1.29, 1.82) is 5.26 Å². The summed E-state index contributed by atoms with van der Waals surface area (Å²) >= 11 is 5.80. The highest BCUT2D eigenvalue weighted by molar-refractivity contribution is 6.30. The summed E-state index contributed by atoms with van der Waals surface area (Å²) in [4.78, 5) is 0. The van der Waals surface area contributed by atoms with Crippen molar-refractivity contribution in [1.82, 2.24) is 5.32 Å². The van der Waals surface area contributed by atoms with E-state index in [-0.39, 0.29) is 0 Å². The van der Waals surface area contributed by atoms with Gasteiger partial charge in [0.1, 0.15) is 0 Å². The maximum atomic E-state index is 8.57. The largest absolute Gasteiger partial charge is 0.316 e. The molecule has 0 aliphatic carbocycles. The van der Waals surface area contributed by atoms with Crippen LogP contribution in [0.3, 0.4) is 0 Å². The van der Waals surface area contributed by atoms with Crippen LogP contribution in [0.25, 0.3) is 0 Å². The third-order valence-electron chi connectivity index (χ3n) is 1.54. The number of hydrogen-bond donors (Lipinski definition) is 1. The molecule has 0 bridgehead atoms. The predicted molar refractivity (Wildman–Crippen MR) is 40.6 cm³/mol. The highest BCUT2D eigenvalue weighted by Crippen LogP contribution is 2.17. The number of nitriles is 1. The molecule has 0 radical (unpaired) electrons. The van der Waals surface area contributed by atoms with Crippen molar-refractivity contribution in [3.05, 3.63) is 10.6 Å². The minimum atomic E-state index is 0.729. The Morgan fingerprint density at radius 2 is 2.10 bits per heavy atom. The quantitative estimate of drug-likeness (QED) is 0.576. The maximum absolute atomic E-state index is 8.57. The van der Waals surface area contributed by atoms with Crippen LogP contribution in [-0.2, 0) is 0 Å². The first-order valence-electron chi connectivity index (χ1n) is 3.33. The van der Waals surface area contributed by atoms with Gasteiger partial charge in [-0.05, 0) is 19.4 Å². The topological polar surface area (TPSA) is 35.8 Å². The Balaban J connectivity index is 2.70. The summed E-state index contributed by atoms with van der Waals surface area (Å²) < 4.78 is 0. The molecule has 0 atom stereocenters. The lowest BCUT2D eigenvalue weighted by Crippen LogP contribution is -2.13. The molecule has 10 heavy (non-hydrogen) atoms. The van der Waals surface area contributed by atoms with Crippen molar-refractivity contribution in [2.24, 2.45) is 0 Å². The normalized spacial score (nSPS) is 20.0. The molecule has 0 aromatic rings. The van der Waals surface area contributed by atoms with Gasteiger partial charge in [-0.15, -0.1) is 0 Å². The molecule has 0 spiro atoms. The number of nitrogens with zero attached hydrogens (tertiary/aromatic N) is 1. The van der Waals surface area contributed by atoms with Crippen LogP contribution in [0.4, 0.5) is 0 Å². The molecule has 0 fully saturated rings. The van der Waals surface area contributed by atoms with E-state index >= 15 is 0 Å². The molecule has 54 valence electrons. The molecule has 0 unspecified atom stereocenters. The van der Waals surface area contributed by atoms with Crippen molar-refractivity contribution in [3.63, 3.8) is 0 Å². The van der Waals surface area contributed by atoms with Gasteiger partial charge in [-0.25, -0.2) is 0 Å². The molecule has 0 saturated heterocycles. The van der Waals surface area contributed by atoms with Gasteiger partial charge in [0.2, 0.25) is 0 Å². The molecular formula is C7H9ClN2. The van der Waals surface area contributed by atoms with Crippen LogP contribution in [0.1, 0.15) is 12.8 Å². The summed E-state index contributed by atoms with van der Waals surface area (Å²) in [6.45, 7) is 1.77. The number of rotatable bonds is 0. The first-order chi connectivity index (χ1) is 4.84. The van der Waals surface area contributed by atoms with Crippen LogP contribution in [0, 0.1) is 11.3 Å². The fourth-order valence-electron chi connectivity index (χ4n) is 0.940. The summed E-state index contributed by atoms with van der Waals surface area (Å²) in [5.41, 5.74) is 0.742. The lowest BCUT2D eigenvalue weighted by atomic mass is 10.2. The van der Waals surface area contributed by atoms with Gasteiger partial charge in [0.05, 0.1) is 6.07 Å².